The second kappa shape index (κ2) is 4.91. The van der Waals surface area contributed by atoms with Gasteiger partial charge in [-0.05, 0) is 18.2 Å². The molecule has 0 unspecified atom stereocenters. The minimum absolute atomic E-state index is 0.322. The lowest BCUT2D eigenvalue weighted by Gasteiger charge is -2.14. The molecule has 0 saturated heterocycles. The molecule has 0 aliphatic carbocycles. The molecule has 0 aliphatic rings. The molecule has 1 aromatic rings. The first-order valence-corrected chi connectivity index (χ1v) is 6.41. The Morgan fingerprint density at radius 3 is 2.69 bits per heavy atom. The van der Waals surface area contributed by atoms with Gasteiger partial charge in [-0.15, -0.1) is 0 Å². The first-order valence-electron chi connectivity index (χ1n) is 4.18. The maximum atomic E-state index is 13.4. The zero-order valence-electron chi connectivity index (χ0n) is 8.31. The molecule has 0 aliphatic heterocycles. The third kappa shape index (κ3) is 2.58. The van der Waals surface area contributed by atoms with Crippen molar-refractivity contribution in [3.63, 3.8) is 0 Å². The second-order valence-corrected chi connectivity index (χ2v) is 5.92. The average molecular weight is 307 g/mol. The van der Waals surface area contributed by atoms with Crippen molar-refractivity contribution in [3.05, 3.63) is 28.5 Å². The van der Waals surface area contributed by atoms with Crippen LogP contribution in [0.1, 0.15) is 0 Å². The molecule has 1 rings (SSSR count). The van der Waals surface area contributed by atoms with Crippen LogP contribution < -0.4 is 0 Å². The summed E-state index contributed by atoms with van der Waals surface area (Å²) in [7, 11) is -2.71. The summed E-state index contributed by atoms with van der Waals surface area (Å²) < 4.78 is 38.2. The van der Waals surface area contributed by atoms with Crippen LogP contribution >= 0.6 is 15.9 Å². The SMILES string of the molecule is CN(CC#N)S(=O)(=O)c1ccc(Br)cc1F. The highest BCUT2D eigenvalue weighted by Gasteiger charge is 2.24. The van der Waals surface area contributed by atoms with Gasteiger partial charge in [0.1, 0.15) is 17.3 Å². The summed E-state index contributed by atoms with van der Waals surface area (Å²) in [5.41, 5.74) is 0. The van der Waals surface area contributed by atoms with Gasteiger partial charge in [-0.2, -0.15) is 9.57 Å². The number of nitriles is 1. The van der Waals surface area contributed by atoms with Crippen LogP contribution in [0.3, 0.4) is 0 Å². The highest BCUT2D eigenvalue weighted by molar-refractivity contribution is 9.10. The molecular formula is C9H8BrFN2O2S. The summed E-state index contributed by atoms with van der Waals surface area (Å²) in [4.78, 5) is -0.437. The van der Waals surface area contributed by atoms with Crippen molar-refractivity contribution < 1.29 is 12.8 Å². The lowest BCUT2D eigenvalue weighted by molar-refractivity contribution is 0.491. The molecule has 0 spiro atoms. The maximum Gasteiger partial charge on any atom is 0.246 e. The predicted octanol–water partition coefficient (Wildman–Crippen LogP) is 1.73. The summed E-state index contributed by atoms with van der Waals surface area (Å²) in [6, 6.07) is 5.33. The van der Waals surface area contributed by atoms with Crippen LogP contribution in [0, 0.1) is 17.1 Å². The van der Waals surface area contributed by atoms with Crippen molar-refractivity contribution in [1.29, 1.82) is 5.26 Å². The van der Waals surface area contributed by atoms with Crippen molar-refractivity contribution in [3.8, 4) is 6.07 Å². The molecule has 86 valence electrons. The van der Waals surface area contributed by atoms with Crippen LogP contribution in [-0.2, 0) is 10.0 Å². The normalized spacial score (nSPS) is 11.4. The summed E-state index contributed by atoms with van der Waals surface area (Å²) in [6.07, 6.45) is 0. The van der Waals surface area contributed by atoms with Gasteiger partial charge in [0.2, 0.25) is 10.0 Å². The largest absolute Gasteiger partial charge is 0.246 e. The molecule has 0 heterocycles. The van der Waals surface area contributed by atoms with E-state index >= 15 is 0 Å². The quantitative estimate of drug-likeness (QED) is 0.799. The lowest BCUT2D eigenvalue weighted by Crippen LogP contribution is -2.27. The Balaban J connectivity index is 3.23. The van der Waals surface area contributed by atoms with Gasteiger partial charge in [0.05, 0.1) is 6.07 Å². The molecule has 16 heavy (non-hydrogen) atoms. The molecular weight excluding hydrogens is 299 g/mol. The van der Waals surface area contributed by atoms with Crippen LogP contribution in [-0.4, -0.2) is 26.3 Å². The number of hydrogen-bond acceptors (Lipinski definition) is 3. The number of halogens is 2. The first-order chi connectivity index (χ1) is 7.39. The fraction of sp³-hybridized carbons (Fsp3) is 0.222. The van der Waals surface area contributed by atoms with E-state index in [4.69, 9.17) is 5.26 Å². The van der Waals surface area contributed by atoms with Gasteiger partial charge in [0.25, 0.3) is 0 Å². The molecule has 0 amide bonds. The van der Waals surface area contributed by atoms with Gasteiger partial charge in [0, 0.05) is 11.5 Å². The van der Waals surface area contributed by atoms with Crippen molar-refractivity contribution in [2.45, 2.75) is 4.90 Å². The van der Waals surface area contributed by atoms with E-state index in [1.54, 1.807) is 6.07 Å². The monoisotopic (exact) mass is 306 g/mol. The maximum absolute atomic E-state index is 13.4. The van der Waals surface area contributed by atoms with E-state index in [0.29, 0.717) is 4.47 Å². The molecule has 0 bridgehead atoms. The topological polar surface area (TPSA) is 61.2 Å². The van der Waals surface area contributed by atoms with E-state index in [9.17, 15) is 12.8 Å². The minimum atomic E-state index is -3.93. The van der Waals surface area contributed by atoms with E-state index in [2.05, 4.69) is 15.9 Å². The Kier molecular flexibility index (Phi) is 4.02. The standard InChI is InChI=1S/C9H8BrFN2O2S/c1-13(5-4-12)16(14,15)9-3-2-7(10)6-8(9)11/h2-3,6H,5H2,1H3. The Morgan fingerprint density at radius 1 is 1.56 bits per heavy atom. The lowest BCUT2D eigenvalue weighted by atomic mass is 10.3. The number of benzene rings is 1. The molecule has 0 fully saturated rings. The van der Waals surface area contributed by atoms with Gasteiger partial charge in [-0.1, -0.05) is 15.9 Å². The van der Waals surface area contributed by atoms with Gasteiger partial charge in [-0.3, -0.25) is 0 Å². The third-order valence-electron chi connectivity index (χ3n) is 1.88. The number of nitrogens with zero attached hydrogens (tertiary/aromatic N) is 2. The van der Waals surface area contributed by atoms with E-state index in [-0.39, 0.29) is 6.54 Å². The van der Waals surface area contributed by atoms with E-state index in [1.165, 1.54) is 13.1 Å². The molecule has 0 aromatic heterocycles. The van der Waals surface area contributed by atoms with E-state index in [0.717, 1.165) is 16.4 Å². The van der Waals surface area contributed by atoms with Crippen LogP contribution in [0.5, 0.6) is 0 Å². The first kappa shape index (κ1) is 13.1. The Bertz CT molecular complexity index is 539. The second-order valence-electron chi connectivity index (χ2n) is 2.99. The summed E-state index contributed by atoms with van der Waals surface area (Å²) in [6.45, 7) is -0.322. The van der Waals surface area contributed by atoms with Crippen molar-refractivity contribution >= 4 is 26.0 Å². The van der Waals surface area contributed by atoms with Crippen LogP contribution in [0.4, 0.5) is 4.39 Å². The Labute approximate surface area is 101 Å². The molecule has 0 saturated carbocycles. The predicted molar refractivity (Wildman–Crippen MR) is 59.5 cm³/mol. The van der Waals surface area contributed by atoms with Gasteiger partial charge in [0.15, 0.2) is 0 Å². The zero-order chi connectivity index (χ0) is 12.3. The third-order valence-corrected chi connectivity index (χ3v) is 4.21. The fourth-order valence-corrected chi connectivity index (χ4v) is 2.48. The smallest absolute Gasteiger partial charge is 0.207 e. The number of sulfonamides is 1. The van der Waals surface area contributed by atoms with Crippen LogP contribution in [0.15, 0.2) is 27.6 Å². The van der Waals surface area contributed by atoms with E-state index in [1.807, 2.05) is 0 Å². The fourth-order valence-electron chi connectivity index (χ4n) is 1.04. The van der Waals surface area contributed by atoms with Crippen molar-refractivity contribution in [1.82, 2.24) is 4.31 Å². The molecule has 0 N–H and O–H groups in total. The van der Waals surface area contributed by atoms with Crippen molar-refractivity contribution in [2.75, 3.05) is 13.6 Å². The van der Waals surface area contributed by atoms with Gasteiger partial charge < -0.3 is 0 Å². The summed E-state index contributed by atoms with van der Waals surface area (Å²) in [5, 5.41) is 8.40. The molecule has 4 nitrogen and oxygen atoms in total. The molecule has 1 aromatic carbocycles. The summed E-state index contributed by atoms with van der Waals surface area (Å²) in [5.74, 6) is -0.848. The van der Waals surface area contributed by atoms with Crippen LogP contribution in [0.2, 0.25) is 0 Å². The van der Waals surface area contributed by atoms with Crippen molar-refractivity contribution in [2.24, 2.45) is 0 Å². The van der Waals surface area contributed by atoms with Crippen LogP contribution in [0.25, 0.3) is 0 Å². The molecule has 0 radical (unpaired) electrons. The number of hydrogen-bond donors (Lipinski definition) is 0. The van der Waals surface area contributed by atoms with Gasteiger partial charge >= 0.3 is 0 Å². The van der Waals surface area contributed by atoms with Gasteiger partial charge in [-0.25, -0.2) is 12.8 Å². The molecule has 7 heteroatoms. The Morgan fingerprint density at radius 2 is 2.19 bits per heavy atom. The zero-order valence-corrected chi connectivity index (χ0v) is 10.7. The highest BCUT2D eigenvalue weighted by Crippen LogP contribution is 2.21. The van der Waals surface area contributed by atoms with E-state index < -0.39 is 20.7 Å². The summed E-state index contributed by atoms with van der Waals surface area (Å²) >= 11 is 3.03. The minimum Gasteiger partial charge on any atom is -0.207 e. The highest BCUT2D eigenvalue weighted by atomic mass is 79.9. The number of rotatable bonds is 3. The molecule has 0 atom stereocenters. The average Bonchev–Trinajstić information content (AvgIpc) is 2.17. The Hall–Kier alpha value is -0.970.